The van der Waals surface area contributed by atoms with Crippen LogP contribution in [0, 0.1) is 6.92 Å². The first-order valence-electron chi connectivity index (χ1n) is 5.41. The summed E-state index contributed by atoms with van der Waals surface area (Å²) < 4.78 is 3.39. The zero-order valence-electron chi connectivity index (χ0n) is 9.93. The standard InChI is InChI=1S/C13H12Br3NS/c1-7-5-8(3-4-9(7)14)12(17-2)11-6-10(15)13(16)18-11/h3-6,12,17H,1-2H3. The summed E-state index contributed by atoms with van der Waals surface area (Å²) >= 11 is 12.4. The number of halogens is 3. The summed E-state index contributed by atoms with van der Waals surface area (Å²) in [5.74, 6) is 0. The Bertz CT molecular complexity index is 546. The molecule has 96 valence electrons. The molecule has 1 heterocycles. The minimum Gasteiger partial charge on any atom is -0.309 e. The first-order chi connectivity index (χ1) is 8.52. The minimum absolute atomic E-state index is 0.226. The zero-order chi connectivity index (χ0) is 13.3. The maximum Gasteiger partial charge on any atom is 0.0843 e. The van der Waals surface area contributed by atoms with E-state index in [-0.39, 0.29) is 6.04 Å². The number of hydrogen-bond acceptors (Lipinski definition) is 2. The van der Waals surface area contributed by atoms with E-state index in [1.165, 1.54) is 16.0 Å². The lowest BCUT2D eigenvalue weighted by atomic mass is 10.0. The molecule has 0 bridgehead atoms. The van der Waals surface area contributed by atoms with Crippen molar-refractivity contribution in [3.05, 3.63) is 53.0 Å². The molecular weight excluding hydrogens is 442 g/mol. The van der Waals surface area contributed by atoms with E-state index in [1.807, 2.05) is 7.05 Å². The molecule has 1 unspecified atom stereocenters. The van der Waals surface area contributed by atoms with Crippen LogP contribution in [0.5, 0.6) is 0 Å². The molecule has 1 nitrogen and oxygen atoms in total. The van der Waals surface area contributed by atoms with E-state index in [9.17, 15) is 0 Å². The lowest BCUT2D eigenvalue weighted by Gasteiger charge is -2.16. The van der Waals surface area contributed by atoms with Gasteiger partial charge in [0.25, 0.3) is 0 Å². The molecule has 18 heavy (non-hydrogen) atoms. The first-order valence-corrected chi connectivity index (χ1v) is 8.60. The SMILES string of the molecule is CNC(c1ccc(Br)c(C)c1)c1cc(Br)c(Br)s1. The van der Waals surface area contributed by atoms with Crippen molar-refractivity contribution in [3.8, 4) is 0 Å². The molecule has 0 aliphatic heterocycles. The number of thiophene rings is 1. The van der Waals surface area contributed by atoms with Crippen LogP contribution >= 0.6 is 59.1 Å². The molecule has 0 spiro atoms. The van der Waals surface area contributed by atoms with Crippen LogP contribution in [-0.4, -0.2) is 7.05 Å². The number of nitrogens with one attached hydrogen (secondary N) is 1. The van der Waals surface area contributed by atoms with Crippen molar-refractivity contribution in [1.82, 2.24) is 5.32 Å². The molecule has 0 saturated heterocycles. The van der Waals surface area contributed by atoms with Gasteiger partial charge in [-0.15, -0.1) is 11.3 Å². The Morgan fingerprint density at radius 1 is 1.11 bits per heavy atom. The highest BCUT2D eigenvalue weighted by Crippen LogP contribution is 2.37. The van der Waals surface area contributed by atoms with Crippen molar-refractivity contribution < 1.29 is 0 Å². The fourth-order valence-corrected chi connectivity index (χ4v) is 4.30. The van der Waals surface area contributed by atoms with Gasteiger partial charge in [-0.3, -0.25) is 0 Å². The van der Waals surface area contributed by atoms with Crippen LogP contribution in [0.25, 0.3) is 0 Å². The van der Waals surface area contributed by atoms with Crippen LogP contribution in [0.2, 0.25) is 0 Å². The maximum atomic E-state index is 3.55. The molecule has 5 heteroatoms. The van der Waals surface area contributed by atoms with E-state index < -0.39 is 0 Å². The van der Waals surface area contributed by atoms with Crippen molar-refractivity contribution in [2.24, 2.45) is 0 Å². The van der Waals surface area contributed by atoms with Gasteiger partial charge in [-0.1, -0.05) is 28.1 Å². The first kappa shape index (κ1) is 14.7. The molecule has 0 amide bonds. The van der Waals surface area contributed by atoms with Crippen LogP contribution in [0.1, 0.15) is 22.0 Å². The van der Waals surface area contributed by atoms with Crippen molar-refractivity contribution in [2.75, 3.05) is 7.05 Å². The Balaban J connectivity index is 2.41. The quantitative estimate of drug-likeness (QED) is 0.633. The summed E-state index contributed by atoms with van der Waals surface area (Å²) in [5, 5.41) is 3.38. The van der Waals surface area contributed by atoms with Crippen LogP contribution in [0.4, 0.5) is 0 Å². The van der Waals surface area contributed by atoms with E-state index in [0.29, 0.717) is 0 Å². The Labute approximate surface area is 136 Å². The van der Waals surface area contributed by atoms with Gasteiger partial charge in [0.15, 0.2) is 0 Å². The van der Waals surface area contributed by atoms with Gasteiger partial charge in [0.2, 0.25) is 0 Å². The second-order valence-electron chi connectivity index (χ2n) is 4.00. The Morgan fingerprint density at radius 3 is 2.33 bits per heavy atom. The van der Waals surface area contributed by atoms with Gasteiger partial charge in [-0.05, 0) is 69.1 Å². The number of aryl methyl sites for hydroxylation is 1. The fourth-order valence-electron chi connectivity index (χ4n) is 1.83. The third kappa shape index (κ3) is 3.07. The Hall–Kier alpha value is 0.320. The molecule has 1 N–H and O–H groups in total. The second-order valence-corrected chi connectivity index (χ2v) is 8.11. The normalized spacial score (nSPS) is 12.7. The van der Waals surface area contributed by atoms with E-state index >= 15 is 0 Å². The molecule has 1 aromatic heterocycles. The summed E-state index contributed by atoms with van der Waals surface area (Å²) in [7, 11) is 1.99. The lowest BCUT2D eigenvalue weighted by Crippen LogP contribution is -2.16. The van der Waals surface area contributed by atoms with Gasteiger partial charge >= 0.3 is 0 Å². The topological polar surface area (TPSA) is 12.0 Å². The van der Waals surface area contributed by atoms with Crippen LogP contribution in [0.15, 0.2) is 37.0 Å². The molecule has 2 rings (SSSR count). The molecule has 0 radical (unpaired) electrons. The summed E-state index contributed by atoms with van der Waals surface area (Å²) in [5.41, 5.74) is 2.53. The van der Waals surface area contributed by atoms with Crippen molar-refractivity contribution in [1.29, 1.82) is 0 Å². The van der Waals surface area contributed by atoms with E-state index in [1.54, 1.807) is 11.3 Å². The third-order valence-electron chi connectivity index (χ3n) is 2.75. The van der Waals surface area contributed by atoms with Crippen LogP contribution in [0.3, 0.4) is 0 Å². The second kappa shape index (κ2) is 6.18. The van der Waals surface area contributed by atoms with Crippen molar-refractivity contribution in [3.63, 3.8) is 0 Å². The summed E-state index contributed by atoms with van der Waals surface area (Å²) in [6, 6.07) is 8.86. The predicted octanol–water partition coefficient (Wildman–Crippen LogP) is 5.65. The summed E-state index contributed by atoms with van der Waals surface area (Å²) in [6.07, 6.45) is 0. The number of benzene rings is 1. The molecule has 0 aliphatic carbocycles. The van der Waals surface area contributed by atoms with E-state index in [0.717, 1.165) is 12.7 Å². The predicted molar refractivity (Wildman–Crippen MR) is 89.5 cm³/mol. The smallest absolute Gasteiger partial charge is 0.0843 e. The van der Waals surface area contributed by atoms with Gasteiger partial charge in [0.1, 0.15) is 0 Å². The highest BCUT2D eigenvalue weighted by molar-refractivity contribution is 9.13. The molecule has 2 aromatic rings. The van der Waals surface area contributed by atoms with Gasteiger partial charge in [0, 0.05) is 13.8 Å². The average molecular weight is 454 g/mol. The molecule has 0 aliphatic rings. The van der Waals surface area contributed by atoms with E-state index in [2.05, 4.69) is 84.3 Å². The fraction of sp³-hybridized carbons (Fsp3) is 0.231. The zero-order valence-corrected chi connectivity index (χ0v) is 15.5. The maximum absolute atomic E-state index is 3.55. The molecule has 0 saturated carbocycles. The van der Waals surface area contributed by atoms with Crippen molar-refractivity contribution in [2.45, 2.75) is 13.0 Å². The Kier molecular flexibility index (Phi) is 5.06. The monoisotopic (exact) mass is 451 g/mol. The highest BCUT2D eigenvalue weighted by Gasteiger charge is 2.16. The highest BCUT2D eigenvalue weighted by atomic mass is 79.9. The largest absolute Gasteiger partial charge is 0.309 e. The molecule has 0 fully saturated rings. The van der Waals surface area contributed by atoms with Crippen molar-refractivity contribution >= 4 is 59.1 Å². The van der Waals surface area contributed by atoms with Gasteiger partial charge < -0.3 is 5.32 Å². The van der Waals surface area contributed by atoms with E-state index in [4.69, 9.17) is 0 Å². The Morgan fingerprint density at radius 2 is 1.83 bits per heavy atom. The van der Waals surface area contributed by atoms with Gasteiger partial charge in [-0.2, -0.15) is 0 Å². The van der Waals surface area contributed by atoms with Crippen LogP contribution in [-0.2, 0) is 0 Å². The molecule has 1 atom stereocenters. The minimum atomic E-state index is 0.226. The molecule has 1 aromatic carbocycles. The summed E-state index contributed by atoms with van der Waals surface area (Å²) in [4.78, 5) is 1.29. The average Bonchev–Trinajstić information content (AvgIpc) is 2.65. The number of hydrogen-bond donors (Lipinski definition) is 1. The molecular formula is C13H12Br3NS. The third-order valence-corrected chi connectivity index (χ3v) is 6.96. The van der Waals surface area contributed by atoms with Gasteiger partial charge in [0.05, 0.1) is 9.83 Å². The number of rotatable bonds is 3. The van der Waals surface area contributed by atoms with Crippen LogP contribution < -0.4 is 5.32 Å². The summed E-state index contributed by atoms with van der Waals surface area (Å²) in [6.45, 7) is 2.11. The van der Waals surface area contributed by atoms with Gasteiger partial charge in [-0.25, -0.2) is 0 Å². The lowest BCUT2D eigenvalue weighted by molar-refractivity contribution is 0.703.